The lowest BCUT2D eigenvalue weighted by atomic mass is 9.96. The summed E-state index contributed by atoms with van der Waals surface area (Å²) in [5, 5.41) is 6.52. The van der Waals surface area contributed by atoms with Crippen molar-refractivity contribution in [1.29, 1.82) is 0 Å². The van der Waals surface area contributed by atoms with Gasteiger partial charge in [0, 0.05) is 22.7 Å². The molecule has 5 nitrogen and oxygen atoms in total. The highest BCUT2D eigenvalue weighted by Crippen LogP contribution is 2.28. The Kier molecular flexibility index (Phi) is 4.87. The highest BCUT2D eigenvalue weighted by molar-refractivity contribution is 7.92. The van der Waals surface area contributed by atoms with E-state index in [-0.39, 0.29) is 0 Å². The predicted molar refractivity (Wildman–Crippen MR) is 96.5 cm³/mol. The van der Waals surface area contributed by atoms with E-state index in [2.05, 4.69) is 15.0 Å². The van der Waals surface area contributed by atoms with E-state index in [9.17, 15) is 8.42 Å². The van der Waals surface area contributed by atoms with Gasteiger partial charge in [0.15, 0.2) is 5.13 Å². The van der Waals surface area contributed by atoms with Gasteiger partial charge in [0.2, 0.25) is 10.0 Å². The minimum Gasteiger partial charge on any atom is -0.359 e. The van der Waals surface area contributed by atoms with Crippen molar-refractivity contribution in [2.75, 3.05) is 16.3 Å². The Morgan fingerprint density at radius 1 is 1.13 bits per heavy atom. The number of anilines is 2. The second-order valence-corrected chi connectivity index (χ2v) is 8.58. The van der Waals surface area contributed by atoms with Crippen molar-refractivity contribution in [3.8, 4) is 11.3 Å². The van der Waals surface area contributed by atoms with Crippen molar-refractivity contribution in [2.45, 2.75) is 38.1 Å². The van der Waals surface area contributed by atoms with Crippen LogP contribution in [0.2, 0.25) is 0 Å². The number of hydrogen-bond acceptors (Lipinski definition) is 5. The lowest BCUT2D eigenvalue weighted by Gasteiger charge is -2.22. The third kappa shape index (κ3) is 4.68. The molecule has 1 aliphatic carbocycles. The van der Waals surface area contributed by atoms with Crippen molar-refractivity contribution in [2.24, 2.45) is 0 Å². The number of thiazole rings is 1. The van der Waals surface area contributed by atoms with Crippen LogP contribution in [0.4, 0.5) is 10.8 Å². The minimum absolute atomic E-state index is 0.545. The molecule has 0 aliphatic heterocycles. The third-order valence-electron chi connectivity index (χ3n) is 3.92. The molecule has 1 fully saturated rings. The molecule has 0 saturated heterocycles. The van der Waals surface area contributed by atoms with Crippen LogP contribution < -0.4 is 10.0 Å². The van der Waals surface area contributed by atoms with Gasteiger partial charge in [0.1, 0.15) is 0 Å². The molecule has 0 atom stereocenters. The van der Waals surface area contributed by atoms with Gasteiger partial charge in [-0.15, -0.1) is 11.3 Å². The second kappa shape index (κ2) is 6.88. The third-order valence-corrected chi connectivity index (χ3v) is 5.30. The molecule has 2 aromatic rings. The Hall–Kier alpha value is -1.60. The molecule has 3 rings (SSSR count). The molecular weight excluding hydrogens is 330 g/mol. The Labute approximate surface area is 141 Å². The average molecular weight is 351 g/mol. The minimum atomic E-state index is -3.24. The maximum Gasteiger partial charge on any atom is 0.229 e. The van der Waals surface area contributed by atoms with E-state index in [1.807, 2.05) is 17.5 Å². The van der Waals surface area contributed by atoms with Crippen LogP contribution in [-0.4, -0.2) is 25.7 Å². The number of nitrogens with zero attached hydrogens (tertiary/aromatic N) is 1. The van der Waals surface area contributed by atoms with Gasteiger partial charge >= 0.3 is 0 Å². The fourth-order valence-electron chi connectivity index (χ4n) is 2.82. The van der Waals surface area contributed by atoms with E-state index < -0.39 is 10.0 Å². The van der Waals surface area contributed by atoms with Crippen LogP contribution in [0.1, 0.15) is 32.1 Å². The quantitative estimate of drug-likeness (QED) is 0.856. The molecule has 1 aromatic carbocycles. The van der Waals surface area contributed by atoms with Crippen LogP contribution in [-0.2, 0) is 10.0 Å². The van der Waals surface area contributed by atoms with Crippen LogP contribution in [0.5, 0.6) is 0 Å². The number of nitrogens with one attached hydrogen (secondary N) is 2. The van der Waals surface area contributed by atoms with Gasteiger partial charge in [0.05, 0.1) is 11.9 Å². The summed E-state index contributed by atoms with van der Waals surface area (Å²) >= 11 is 1.62. The molecule has 1 saturated carbocycles. The molecule has 0 bridgehead atoms. The molecule has 1 aromatic heterocycles. The molecule has 23 heavy (non-hydrogen) atoms. The zero-order valence-electron chi connectivity index (χ0n) is 13.1. The van der Waals surface area contributed by atoms with Crippen LogP contribution in [0.3, 0.4) is 0 Å². The molecule has 0 spiro atoms. The predicted octanol–water partition coefficient (Wildman–Crippen LogP) is 3.93. The highest BCUT2D eigenvalue weighted by Gasteiger charge is 2.14. The number of rotatable bonds is 5. The van der Waals surface area contributed by atoms with Gasteiger partial charge < -0.3 is 5.32 Å². The molecule has 124 valence electrons. The van der Waals surface area contributed by atoms with Gasteiger partial charge in [-0.05, 0) is 25.0 Å². The lowest BCUT2D eigenvalue weighted by molar-refractivity contribution is 0.462. The van der Waals surface area contributed by atoms with Gasteiger partial charge in [-0.3, -0.25) is 4.72 Å². The molecular formula is C16H21N3O2S2. The Morgan fingerprint density at radius 3 is 2.48 bits per heavy atom. The molecule has 1 aliphatic rings. The number of sulfonamides is 1. The van der Waals surface area contributed by atoms with Gasteiger partial charge in [-0.25, -0.2) is 13.4 Å². The Balaban J connectivity index is 1.67. The topological polar surface area (TPSA) is 71.1 Å². The fraction of sp³-hybridized carbons (Fsp3) is 0.438. The molecule has 1 heterocycles. The highest BCUT2D eigenvalue weighted by atomic mass is 32.2. The summed E-state index contributed by atoms with van der Waals surface area (Å²) in [7, 11) is -3.24. The summed E-state index contributed by atoms with van der Waals surface area (Å²) in [4.78, 5) is 4.65. The largest absolute Gasteiger partial charge is 0.359 e. The van der Waals surface area contributed by atoms with Crippen LogP contribution >= 0.6 is 11.3 Å². The maximum absolute atomic E-state index is 11.2. The van der Waals surface area contributed by atoms with Crippen molar-refractivity contribution in [3.63, 3.8) is 0 Å². The van der Waals surface area contributed by atoms with Crippen molar-refractivity contribution >= 4 is 32.2 Å². The van der Waals surface area contributed by atoms with E-state index in [1.165, 1.54) is 32.1 Å². The normalized spacial score (nSPS) is 16.2. The van der Waals surface area contributed by atoms with Crippen LogP contribution in [0.15, 0.2) is 29.6 Å². The standard InChI is InChI=1S/C16H21N3O2S2/c1-23(20,21)19-14-9-7-12(8-10-14)15-11-22-16(18-15)17-13-5-3-2-4-6-13/h7-11,13,19H,2-6H2,1H3,(H,17,18). The van der Waals surface area contributed by atoms with E-state index in [1.54, 1.807) is 23.5 Å². The second-order valence-electron chi connectivity index (χ2n) is 5.97. The van der Waals surface area contributed by atoms with Crippen molar-refractivity contribution in [1.82, 2.24) is 4.98 Å². The lowest BCUT2D eigenvalue weighted by Crippen LogP contribution is -2.21. The molecule has 0 radical (unpaired) electrons. The molecule has 0 unspecified atom stereocenters. The zero-order valence-corrected chi connectivity index (χ0v) is 14.7. The first-order chi connectivity index (χ1) is 11.0. The SMILES string of the molecule is CS(=O)(=O)Nc1ccc(-c2csc(NC3CCCCC3)n2)cc1. The van der Waals surface area contributed by atoms with E-state index in [4.69, 9.17) is 0 Å². The van der Waals surface area contributed by atoms with Gasteiger partial charge in [-0.1, -0.05) is 31.4 Å². The van der Waals surface area contributed by atoms with Crippen molar-refractivity contribution in [3.05, 3.63) is 29.6 Å². The van der Waals surface area contributed by atoms with Gasteiger partial charge in [-0.2, -0.15) is 0 Å². The molecule has 2 N–H and O–H groups in total. The van der Waals surface area contributed by atoms with E-state index in [0.29, 0.717) is 11.7 Å². The molecule has 0 amide bonds. The van der Waals surface area contributed by atoms with E-state index in [0.717, 1.165) is 22.6 Å². The first-order valence-electron chi connectivity index (χ1n) is 7.80. The summed E-state index contributed by atoms with van der Waals surface area (Å²) < 4.78 is 24.9. The zero-order chi connectivity index (χ0) is 16.3. The first-order valence-corrected chi connectivity index (χ1v) is 10.6. The summed E-state index contributed by atoms with van der Waals surface area (Å²) in [6, 6.07) is 7.82. The Bertz CT molecular complexity index is 748. The summed E-state index contributed by atoms with van der Waals surface area (Å²) in [6.07, 6.45) is 7.52. The summed E-state index contributed by atoms with van der Waals surface area (Å²) in [5.74, 6) is 0. The maximum atomic E-state index is 11.2. The average Bonchev–Trinajstić information content (AvgIpc) is 2.96. The summed E-state index contributed by atoms with van der Waals surface area (Å²) in [6.45, 7) is 0. The first kappa shape index (κ1) is 16.3. The van der Waals surface area contributed by atoms with Crippen LogP contribution in [0.25, 0.3) is 11.3 Å². The molecule has 7 heteroatoms. The number of benzene rings is 1. The van der Waals surface area contributed by atoms with Crippen LogP contribution in [0, 0.1) is 0 Å². The monoisotopic (exact) mass is 351 g/mol. The summed E-state index contributed by atoms with van der Waals surface area (Å²) in [5.41, 5.74) is 2.46. The van der Waals surface area contributed by atoms with Crippen molar-refractivity contribution < 1.29 is 8.42 Å². The number of aromatic nitrogens is 1. The fourth-order valence-corrected chi connectivity index (χ4v) is 4.18. The smallest absolute Gasteiger partial charge is 0.229 e. The van der Waals surface area contributed by atoms with E-state index >= 15 is 0 Å². The Morgan fingerprint density at radius 2 is 1.83 bits per heavy atom. The number of hydrogen-bond donors (Lipinski definition) is 2. The van der Waals surface area contributed by atoms with Gasteiger partial charge in [0.25, 0.3) is 0 Å².